The molecule has 7 nitrogen and oxygen atoms in total. The Kier molecular flexibility index (Phi) is 7.00. The summed E-state index contributed by atoms with van der Waals surface area (Å²) in [6, 6.07) is 0.309. The van der Waals surface area contributed by atoms with Gasteiger partial charge in [-0.3, -0.25) is 0 Å². The van der Waals surface area contributed by atoms with Crippen molar-refractivity contribution >= 4 is 11.9 Å². The van der Waals surface area contributed by atoms with E-state index >= 15 is 0 Å². The standard InChI is InChI=1S/C13H25N5O2/c1-5-14-11-16-12(15-8-6-7-10(4)19)18-13(17-11)20-9(2)3/h9-10,19H,5-8H2,1-4H3,(H2,14,15,16,17,18). The van der Waals surface area contributed by atoms with Gasteiger partial charge in [0.15, 0.2) is 0 Å². The third-order valence-corrected chi connectivity index (χ3v) is 2.37. The molecule has 0 amide bonds. The Hall–Kier alpha value is -1.63. The molecule has 0 fully saturated rings. The second kappa shape index (κ2) is 8.52. The number of hydrogen-bond donors (Lipinski definition) is 3. The van der Waals surface area contributed by atoms with Crippen molar-refractivity contribution in [3.8, 4) is 6.01 Å². The number of rotatable bonds is 9. The molecule has 0 bridgehead atoms. The van der Waals surface area contributed by atoms with E-state index in [1.807, 2.05) is 20.8 Å². The molecule has 7 heteroatoms. The Bertz CT molecular complexity index is 398. The van der Waals surface area contributed by atoms with Crippen molar-refractivity contribution in [3.63, 3.8) is 0 Å². The fourth-order valence-corrected chi connectivity index (χ4v) is 1.53. The second-order valence-electron chi connectivity index (χ2n) is 4.88. The van der Waals surface area contributed by atoms with Gasteiger partial charge >= 0.3 is 6.01 Å². The molecule has 0 aliphatic heterocycles. The summed E-state index contributed by atoms with van der Waals surface area (Å²) < 4.78 is 5.50. The first-order chi connectivity index (χ1) is 9.51. The molecule has 0 radical (unpaired) electrons. The van der Waals surface area contributed by atoms with Crippen LogP contribution < -0.4 is 15.4 Å². The van der Waals surface area contributed by atoms with Gasteiger partial charge in [0.05, 0.1) is 12.2 Å². The van der Waals surface area contributed by atoms with Crippen molar-refractivity contribution in [2.75, 3.05) is 23.7 Å². The SMILES string of the molecule is CCNc1nc(NCCCC(C)O)nc(OC(C)C)n1. The Morgan fingerprint density at radius 1 is 1.10 bits per heavy atom. The molecule has 0 spiro atoms. The zero-order valence-corrected chi connectivity index (χ0v) is 12.7. The average Bonchev–Trinajstić information content (AvgIpc) is 2.34. The Morgan fingerprint density at radius 2 is 1.75 bits per heavy atom. The maximum Gasteiger partial charge on any atom is 0.323 e. The molecule has 1 heterocycles. The first-order valence-corrected chi connectivity index (χ1v) is 7.09. The van der Waals surface area contributed by atoms with Crippen LogP contribution in [0.2, 0.25) is 0 Å². The highest BCUT2D eigenvalue weighted by Crippen LogP contribution is 2.12. The van der Waals surface area contributed by atoms with Crippen LogP contribution in [0.3, 0.4) is 0 Å². The molecule has 1 unspecified atom stereocenters. The van der Waals surface area contributed by atoms with E-state index < -0.39 is 0 Å². The molecule has 0 aromatic carbocycles. The highest BCUT2D eigenvalue weighted by molar-refractivity contribution is 5.35. The number of aromatic nitrogens is 3. The summed E-state index contributed by atoms with van der Waals surface area (Å²) in [5, 5.41) is 15.4. The van der Waals surface area contributed by atoms with Gasteiger partial charge in [0.1, 0.15) is 0 Å². The zero-order valence-electron chi connectivity index (χ0n) is 12.7. The van der Waals surface area contributed by atoms with Crippen LogP contribution in [-0.4, -0.2) is 45.4 Å². The summed E-state index contributed by atoms with van der Waals surface area (Å²) >= 11 is 0. The number of ether oxygens (including phenoxy) is 1. The summed E-state index contributed by atoms with van der Waals surface area (Å²) in [6.45, 7) is 9.02. The minimum absolute atomic E-state index is 0.00923. The minimum Gasteiger partial charge on any atom is -0.461 e. The quantitative estimate of drug-likeness (QED) is 0.593. The van der Waals surface area contributed by atoms with Crippen LogP contribution in [0.25, 0.3) is 0 Å². The van der Waals surface area contributed by atoms with Crippen molar-refractivity contribution in [3.05, 3.63) is 0 Å². The fourth-order valence-electron chi connectivity index (χ4n) is 1.53. The lowest BCUT2D eigenvalue weighted by molar-refractivity contribution is 0.183. The molecule has 1 aromatic heterocycles. The minimum atomic E-state index is -0.285. The van der Waals surface area contributed by atoms with Crippen LogP contribution in [0.1, 0.15) is 40.5 Å². The molecule has 3 N–H and O–H groups in total. The lowest BCUT2D eigenvalue weighted by Crippen LogP contribution is -2.14. The van der Waals surface area contributed by atoms with Crippen LogP contribution in [0, 0.1) is 0 Å². The van der Waals surface area contributed by atoms with Crippen LogP contribution in [-0.2, 0) is 0 Å². The fraction of sp³-hybridized carbons (Fsp3) is 0.769. The molecule has 0 saturated heterocycles. The predicted octanol–water partition coefficient (Wildman–Crippen LogP) is 1.66. The van der Waals surface area contributed by atoms with Gasteiger partial charge in [-0.1, -0.05) is 0 Å². The van der Waals surface area contributed by atoms with E-state index in [-0.39, 0.29) is 12.2 Å². The highest BCUT2D eigenvalue weighted by atomic mass is 16.5. The lowest BCUT2D eigenvalue weighted by Gasteiger charge is -2.12. The molecule has 20 heavy (non-hydrogen) atoms. The van der Waals surface area contributed by atoms with E-state index in [2.05, 4.69) is 25.6 Å². The molecule has 1 rings (SSSR count). The number of nitrogens with one attached hydrogen (secondary N) is 2. The monoisotopic (exact) mass is 283 g/mol. The van der Waals surface area contributed by atoms with E-state index in [0.29, 0.717) is 24.5 Å². The van der Waals surface area contributed by atoms with E-state index in [4.69, 9.17) is 4.74 Å². The van der Waals surface area contributed by atoms with Crippen LogP contribution in [0.4, 0.5) is 11.9 Å². The van der Waals surface area contributed by atoms with Gasteiger partial charge in [0.2, 0.25) is 11.9 Å². The summed E-state index contributed by atoms with van der Waals surface area (Å²) in [5.41, 5.74) is 0. The van der Waals surface area contributed by atoms with E-state index in [1.165, 1.54) is 0 Å². The number of aliphatic hydroxyl groups is 1. The Morgan fingerprint density at radius 3 is 2.30 bits per heavy atom. The maximum absolute atomic E-state index is 9.21. The first-order valence-electron chi connectivity index (χ1n) is 7.09. The number of hydrogen-bond acceptors (Lipinski definition) is 7. The van der Waals surface area contributed by atoms with Gasteiger partial charge in [-0.05, 0) is 40.5 Å². The summed E-state index contributed by atoms with van der Waals surface area (Å²) in [4.78, 5) is 12.7. The van der Waals surface area contributed by atoms with E-state index in [9.17, 15) is 5.11 Å². The van der Waals surface area contributed by atoms with Gasteiger partial charge in [-0.2, -0.15) is 15.0 Å². The molecule has 0 aliphatic carbocycles. The maximum atomic E-state index is 9.21. The largest absolute Gasteiger partial charge is 0.461 e. The number of nitrogens with zero attached hydrogens (tertiary/aromatic N) is 3. The molecule has 1 aromatic rings. The average molecular weight is 283 g/mol. The van der Waals surface area contributed by atoms with Crippen LogP contribution in [0.5, 0.6) is 6.01 Å². The topological polar surface area (TPSA) is 92.2 Å². The molecule has 0 saturated carbocycles. The van der Waals surface area contributed by atoms with Gasteiger partial charge in [0, 0.05) is 13.1 Å². The molecular weight excluding hydrogens is 258 g/mol. The van der Waals surface area contributed by atoms with Crippen LogP contribution in [0.15, 0.2) is 0 Å². The zero-order chi connectivity index (χ0) is 15.0. The summed E-state index contributed by atoms with van der Waals surface area (Å²) in [7, 11) is 0. The lowest BCUT2D eigenvalue weighted by atomic mass is 10.2. The Balaban J connectivity index is 2.65. The van der Waals surface area contributed by atoms with Gasteiger partial charge in [0.25, 0.3) is 0 Å². The van der Waals surface area contributed by atoms with Crippen molar-refractivity contribution in [1.82, 2.24) is 15.0 Å². The van der Waals surface area contributed by atoms with Crippen molar-refractivity contribution in [2.45, 2.75) is 52.7 Å². The number of aliphatic hydroxyl groups excluding tert-OH is 1. The molecule has 114 valence electrons. The number of anilines is 2. The normalized spacial score (nSPS) is 12.3. The second-order valence-corrected chi connectivity index (χ2v) is 4.88. The van der Waals surface area contributed by atoms with Gasteiger partial charge in [-0.25, -0.2) is 0 Å². The molecular formula is C13H25N5O2. The van der Waals surface area contributed by atoms with E-state index in [1.54, 1.807) is 6.92 Å². The van der Waals surface area contributed by atoms with E-state index in [0.717, 1.165) is 19.4 Å². The molecule has 0 aliphatic rings. The van der Waals surface area contributed by atoms with Crippen molar-refractivity contribution in [1.29, 1.82) is 0 Å². The summed E-state index contributed by atoms with van der Waals surface area (Å²) in [6.07, 6.45) is 1.32. The Labute approximate surface area is 120 Å². The van der Waals surface area contributed by atoms with Gasteiger partial charge < -0.3 is 20.5 Å². The predicted molar refractivity (Wildman–Crippen MR) is 79.2 cm³/mol. The van der Waals surface area contributed by atoms with Crippen LogP contribution >= 0.6 is 0 Å². The highest BCUT2D eigenvalue weighted by Gasteiger charge is 2.08. The first kappa shape index (κ1) is 16.4. The summed E-state index contributed by atoms with van der Waals surface area (Å²) in [5.74, 6) is 0.980. The third-order valence-electron chi connectivity index (χ3n) is 2.37. The molecule has 1 atom stereocenters. The third kappa shape index (κ3) is 6.51. The van der Waals surface area contributed by atoms with Crippen molar-refractivity contribution < 1.29 is 9.84 Å². The van der Waals surface area contributed by atoms with Crippen molar-refractivity contribution in [2.24, 2.45) is 0 Å². The smallest absolute Gasteiger partial charge is 0.323 e. The van der Waals surface area contributed by atoms with Gasteiger partial charge in [-0.15, -0.1) is 0 Å².